The molecule has 6 heteroatoms. The maximum absolute atomic E-state index is 4.57. The first-order chi connectivity index (χ1) is 14.2. The Kier molecular flexibility index (Phi) is 9.26. The predicted molar refractivity (Wildman–Crippen MR) is 136 cm³/mol. The molecule has 2 aliphatic heterocycles. The van der Waals surface area contributed by atoms with Gasteiger partial charge in [0.1, 0.15) is 0 Å². The number of nitrogens with one attached hydrogen (secondary N) is 1. The molecule has 1 aliphatic carbocycles. The second kappa shape index (κ2) is 11.7. The standard InChI is InChI=1S/C24H39N5.HI/c1-25-24(29-18-22-6-3-4-7-23(22)19-29)26-16-20-8-10-21(11-9-20)17-28-13-5-12-27(2)14-15-28;/h8-11,22-23H,3-7,12-19H2,1-2H3,(H,25,26);1H. The number of hydrogen-bond donors (Lipinski definition) is 1. The minimum atomic E-state index is 0. The maximum Gasteiger partial charge on any atom is 0.193 e. The molecule has 0 spiro atoms. The van der Waals surface area contributed by atoms with E-state index in [1.165, 1.54) is 82.5 Å². The molecule has 2 saturated heterocycles. The molecule has 168 valence electrons. The molecule has 1 N–H and O–H groups in total. The van der Waals surface area contributed by atoms with Gasteiger partial charge in [-0.3, -0.25) is 9.89 Å². The number of nitrogens with zero attached hydrogens (tertiary/aromatic N) is 4. The highest BCUT2D eigenvalue weighted by Gasteiger charge is 2.35. The number of likely N-dealkylation sites (tertiary alicyclic amines) is 1. The highest BCUT2D eigenvalue weighted by atomic mass is 127. The molecule has 0 amide bonds. The van der Waals surface area contributed by atoms with Crippen molar-refractivity contribution >= 4 is 29.9 Å². The van der Waals surface area contributed by atoms with Crippen LogP contribution in [0.2, 0.25) is 0 Å². The van der Waals surface area contributed by atoms with Gasteiger partial charge >= 0.3 is 0 Å². The molecule has 4 rings (SSSR count). The van der Waals surface area contributed by atoms with Gasteiger partial charge in [-0.05, 0) is 62.4 Å². The normalized spacial score (nSPS) is 26.1. The molecule has 1 aromatic carbocycles. The lowest BCUT2D eigenvalue weighted by Gasteiger charge is -2.22. The summed E-state index contributed by atoms with van der Waals surface area (Å²) in [7, 11) is 4.15. The molecule has 2 atom stereocenters. The van der Waals surface area contributed by atoms with Gasteiger partial charge in [-0.2, -0.15) is 0 Å². The number of hydrogen-bond acceptors (Lipinski definition) is 3. The van der Waals surface area contributed by atoms with Crippen LogP contribution in [0.5, 0.6) is 0 Å². The van der Waals surface area contributed by atoms with E-state index in [1.54, 1.807) is 0 Å². The molecular weight excluding hydrogens is 485 g/mol. The molecule has 1 aromatic rings. The third-order valence-corrected chi connectivity index (χ3v) is 7.18. The van der Waals surface area contributed by atoms with Gasteiger partial charge in [0, 0.05) is 46.3 Å². The summed E-state index contributed by atoms with van der Waals surface area (Å²) in [6, 6.07) is 9.17. The third-order valence-electron chi connectivity index (χ3n) is 7.18. The Balaban J connectivity index is 0.00000256. The highest BCUT2D eigenvalue weighted by Crippen LogP contribution is 2.35. The van der Waals surface area contributed by atoms with E-state index < -0.39 is 0 Å². The fraction of sp³-hybridized carbons (Fsp3) is 0.708. The van der Waals surface area contributed by atoms with Gasteiger partial charge in [0.05, 0.1) is 0 Å². The SMILES string of the molecule is CN=C(NCc1ccc(CN2CCCN(C)CC2)cc1)N1CC2CCCCC2C1.I. The minimum Gasteiger partial charge on any atom is -0.352 e. The second-order valence-electron chi connectivity index (χ2n) is 9.36. The van der Waals surface area contributed by atoms with Gasteiger partial charge in [-0.1, -0.05) is 37.1 Å². The van der Waals surface area contributed by atoms with Gasteiger partial charge < -0.3 is 15.1 Å². The third kappa shape index (κ3) is 6.33. The largest absolute Gasteiger partial charge is 0.352 e. The van der Waals surface area contributed by atoms with Gasteiger partial charge in [-0.25, -0.2) is 0 Å². The van der Waals surface area contributed by atoms with Crippen LogP contribution in [-0.2, 0) is 13.1 Å². The lowest BCUT2D eigenvalue weighted by Crippen LogP contribution is -2.39. The maximum atomic E-state index is 4.57. The zero-order valence-electron chi connectivity index (χ0n) is 18.9. The number of benzene rings is 1. The average Bonchev–Trinajstić information content (AvgIpc) is 3.07. The summed E-state index contributed by atoms with van der Waals surface area (Å²) in [6.07, 6.45) is 6.93. The van der Waals surface area contributed by atoms with Gasteiger partial charge in [0.25, 0.3) is 0 Å². The Bertz CT molecular complexity index is 663. The molecule has 1 saturated carbocycles. The Morgan fingerprint density at radius 1 is 0.933 bits per heavy atom. The van der Waals surface area contributed by atoms with Gasteiger partial charge in [-0.15, -0.1) is 24.0 Å². The first kappa shape index (κ1) is 23.8. The lowest BCUT2D eigenvalue weighted by atomic mass is 9.82. The van der Waals surface area contributed by atoms with Crippen molar-refractivity contribution in [3.63, 3.8) is 0 Å². The van der Waals surface area contributed by atoms with Crippen molar-refractivity contribution in [3.05, 3.63) is 35.4 Å². The molecule has 30 heavy (non-hydrogen) atoms. The van der Waals surface area contributed by atoms with Crippen LogP contribution >= 0.6 is 24.0 Å². The van der Waals surface area contributed by atoms with Crippen molar-refractivity contribution in [2.75, 3.05) is 53.4 Å². The zero-order valence-corrected chi connectivity index (χ0v) is 21.2. The fourth-order valence-corrected chi connectivity index (χ4v) is 5.37. The van der Waals surface area contributed by atoms with E-state index in [0.29, 0.717) is 0 Å². The lowest BCUT2D eigenvalue weighted by molar-refractivity contribution is 0.269. The van der Waals surface area contributed by atoms with Crippen molar-refractivity contribution in [1.82, 2.24) is 20.0 Å². The topological polar surface area (TPSA) is 34.1 Å². The summed E-state index contributed by atoms with van der Waals surface area (Å²) in [5.74, 6) is 2.86. The van der Waals surface area contributed by atoms with Crippen molar-refractivity contribution in [2.24, 2.45) is 16.8 Å². The van der Waals surface area contributed by atoms with Crippen molar-refractivity contribution in [2.45, 2.75) is 45.2 Å². The first-order valence-corrected chi connectivity index (χ1v) is 11.7. The van der Waals surface area contributed by atoms with Crippen molar-refractivity contribution < 1.29 is 0 Å². The van der Waals surface area contributed by atoms with Crippen LogP contribution < -0.4 is 5.32 Å². The van der Waals surface area contributed by atoms with Crippen LogP contribution in [0.1, 0.15) is 43.2 Å². The Hall–Kier alpha value is -0.860. The zero-order chi connectivity index (χ0) is 20.1. The van der Waals surface area contributed by atoms with E-state index in [0.717, 1.165) is 30.9 Å². The summed E-state index contributed by atoms with van der Waals surface area (Å²) in [5.41, 5.74) is 2.76. The second-order valence-corrected chi connectivity index (χ2v) is 9.36. The Labute approximate surface area is 200 Å². The van der Waals surface area contributed by atoms with Crippen molar-refractivity contribution in [1.29, 1.82) is 0 Å². The fourth-order valence-electron chi connectivity index (χ4n) is 5.37. The van der Waals surface area contributed by atoms with Crippen LogP contribution in [0, 0.1) is 11.8 Å². The quantitative estimate of drug-likeness (QED) is 0.370. The van der Waals surface area contributed by atoms with Crippen LogP contribution in [0.4, 0.5) is 0 Å². The summed E-state index contributed by atoms with van der Waals surface area (Å²) < 4.78 is 0. The predicted octanol–water partition coefficient (Wildman–Crippen LogP) is 3.64. The molecule has 3 aliphatic rings. The van der Waals surface area contributed by atoms with Crippen LogP contribution in [0.15, 0.2) is 29.3 Å². The van der Waals surface area contributed by atoms with Gasteiger partial charge in [0.15, 0.2) is 5.96 Å². The summed E-state index contributed by atoms with van der Waals surface area (Å²) >= 11 is 0. The molecule has 0 aromatic heterocycles. The van der Waals surface area contributed by atoms with E-state index >= 15 is 0 Å². The van der Waals surface area contributed by atoms with E-state index in [-0.39, 0.29) is 24.0 Å². The number of likely N-dealkylation sites (N-methyl/N-ethyl adjacent to an activating group) is 1. The first-order valence-electron chi connectivity index (χ1n) is 11.7. The number of fused-ring (bicyclic) bond motifs is 1. The van der Waals surface area contributed by atoms with E-state index in [2.05, 4.69) is 56.3 Å². The number of guanidine groups is 1. The number of aliphatic imine (C=N–C) groups is 1. The molecular formula is C24H40IN5. The molecule has 0 bridgehead atoms. The van der Waals surface area contributed by atoms with Crippen LogP contribution in [-0.4, -0.2) is 74.0 Å². The summed E-state index contributed by atoms with van der Waals surface area (Å²) in [4.78, 5) is 12.1. The summed E-state index contributed by atoms with van der Waals surface area (Å²) in [5, 5.41) is 3.61. The number of halogens is 1. The number of rotatable bonds is 4. The average molecular weight is 526 g/mol. The highest BCUT2D eigenvalue weighted by molar-refractivity contribution is 14.0. The van der Waals surface area contributed by atoms with Gasteiger partial charge in [0.2, 0.25) is 0 Å². The van der Waals surface area contributed by atoms with E-state index in [9.17, 15) is 0 Å². The molecule has 0 radical (unpaired) electrons. The van der Waals surface area contributed by atoms with Crippen LogP contribution in [0.25, 0.3) is 0 Å². The van der Waals surface area contributed by atoms with E-state index in [4.69, 9.17) is 0 Å². The molecule has 2 unspecified atom stereocenters. The Morgan fingerprint density at radius 2 is 1.60 bits per heavy atom. The molecule has 2 heterocycles. The van der Waals surface area contributed by atoms with Crippen molar-refractivity contribution in [3.8, 4) is 0 Å². The monoisotopic (exact) mass is 525 g/mol. The minimum absolute atomic E-state index is 0. The summed E-state index contributed by atoms with van der Waals surface area (Å²) in [6.45, 7) is 9.09. The van der Waals surface area contributed by atoms with Crippen LogP contribution in [0.3, 0.4) is 0 Å². The molecule has 5 nitrogen and oxygen atoms in total. The van der Waals surface area contributed by atoms with E-state index in [1.807, 2.05) is 7.05 Å². The Morgan fingerprint density at radius 3 is 2.27 bits per heavy atom. The smallest absolute Gasteiger partial charge is 0.193 e. The molecule has 3 fully saturated rings.